The van der Waals surface area contributed by atoms with Gasteiger partial charge in [-0.15, -0.1) is 0 Å². The number of carbonyl (C=O) groups excluding carboxylic acids is 3. The standard InChI is InChI=1S/C30H55N3O8/c1-19-17-30(6,38-10)27(41-29-26(36)24(31(7)8)16-20(2)40-29)21(3)25(35)22(4)28(37)39-15-14-33(23(5)34)13-11-12-32(9)18-19/h19-22,24,26-27,29,36H,11-18H2,1-10H3/t19-,20-,21+,22?,24+,26-,27-,29+,30-/m1/s1. The minimum Gasteiger partial charge on any atom is -0.463 e. The van der Waals surface area contributed by atoms with Crippen LogP contribution in [0.2, 0.25) is 0 Å². The van der Waals surface area contributed by atoms with E-state index in [2.05, 4.69) is 11.8 Å². The molecule has 9 atom stereocenters. The first-order valence-corrected chi connectivity index (χ1v) is 15.0. The first-order valence-electron chi connectivity index (χ1n) is 15.0. The zero-order valence-corrected chi connectivity index (χ0v) is 26.9. The number of hydrogen-bond donors (Lipinski definition) is 1. The van der Waals surface area contributed by atoms with Crippen molar-refractivity contribution < 1.29 is 38.4 Å². The minimum atomic E-state index is -1.05. The summed E-state index contributed by atoms with van der Waals surface area (Å²) in [5, 5.41) is 11.2. The van der Waals surface area contributed by atoms with Crippen molar-refractivity contribution >= 4 is 17.7 Å². The normalized spacial score (nSPS) is 38.0. The molecule has 0 aromatic rings. The summed E-state index contributed by atoms with van der Waals surface area (Å²) in [5.74, 6) is -2.73. The van der Waals surface area contributed by atoms with Crippen molar-refractivity contribution in [2.75, 3.05) is 61.0 Å². The lowest BCUT2D eigenvalue weighted by molar-refractivity contribution is -0.295. The molecule has 1 amide bonds. The van der Waals surface area contributed by atoms with E-state index < -0.39 is 41.9 Å². The quantitative estimate of drug-likeness (QED) is 0.387. The fourth-order valence-electron chi connectivity index (χ4n) is 6.28. The Morgan fingerprint density at radius 1 is 1.12 bits per heavy atom. The van der Waals surface area contributed by atoms with Crippen LogP contribution in [0.25, 0.3) is 0 Å². The summed E-state index contributed by atoms with van der Waals surface area (Å²) in [4.78, 5) is 44.7. The van der Waals surface area contributed by atoms with E-state index in [1.165, 1.54) is 13.8 Å². The second-order valence-corrected chi connectivity index (χ2v) is 12.7. The lowest BCUT2D eigenvalue weighted by atomic mass is 9.78. The van der Waals surface area contributed by atoms with Gasteiger partial charge in [0.1, 0.15) is 18.6 Å². The number of likely N-dealkylation sites (N-methyl/N-ethyl adjacent to an activating group) is 1. The maximum absolute atomic E-state index is 13.8. The molecule has 0 aliphatic carbocycles. The Labute approximate surface area is 246 Å². The number of esters is 1. The molecule has 0 aromatic heterocycles. The second-order valence-electron chi connectivity index (χ2n) is 12.7. The number of cyclic esters (lactones) is 1. The summed E-state index contributed by atoms with van der Waals surface area (Å²) in [5.41, 5.74) is -0.935. The van der Waals surface area contributed by atoms with E-state index >= 15 is 0 Å². The molecule has 0 bridgehead atoms. The highest BCUT2D eigenvalue weighted by atomic mass is 16.7. The average Bonchev–Trinajstić information content (AvgIpc) is 2.89. The summed E-state index contributed by atoms with van der Waals surface area (Å²) in [6.45, 7) is 13.2. The number of Topliss-reactive ketones (excluding diaryl/α,β-unsaturated/α-hetero) is 1. The highest BCUT2D eigenvalue weighted by molar-refractivity contribution is 5.99. The van der Waals surface area contributed by atoms with Crippen LogP contribution in [0.15, 0.2) is 0 Å². The molecule has 41 heavy (non-hydrogen) atoms. The number of hydrogen-bond acceptors (Lipinski definition) is 10. The number of amides is 1. The van der Waals surface area contributed by atoms with Crippen LogP contribution in [0.1, 0.15) is 60.8 Å². The maximum atomic E-state index is 13.8. The van der Waals surface area contributed by atoms with E-state index in [1.807, 2.05) is 39.9 Å². The van der Waals surface area contributed by atoms with E-state index in [4.69, 9.17) is 18.9 Å². The monoisotopic (exact) mass is 585 g/mol. The number of ketones is 1. The van der Waals surface area contributed by atoms with E-state index in [1.54, 1.807) is 18.9 Å². The maximum Gasteiger partial charge on any atom is 0.316 e. The molecule has 1 unspecified atom stereocenters. The lowest BCUT2D eigenvalue weighted by Gasteiger charge is -2.46. The van der Waals surface area contributed by atoms with Crippen LogP contribution in [0.3, 0.4) is 0 Å². The number of rotatable bonds is 4. The SMILES string of the molecule is CO[C@]1(C)C[C@@H](C)CN(C)CCCN(C(C)=O)CCOC(=O)C(C)C(=O)[C@H](C)[C@H]1O[C@@H]1O[C@H](C)C[C@H](N(C)C)[C@H]1O. The van der Waals surface area contributed by atoms with Crippen LogP contribution in [0.4, 0.5) is 0 Å². The predicted octanol–water partition coefficient (Wildman–Crippen LogP) is 1.80. The third-order valence-corrected chi connectivity index (χ3v) is 8.70. The molecule has 2 rings (SSSR count). The molecule has 2 aliphatic rings. The number of nitrogens with zero attached hydrogens (tertiary/aromatic N) is 3. The van der Waals surface area contributed by atoms with Gasteiger partial charge >= 0.3 is 5.97 Å². The topological polar surface area (TPSA) is 118 Å². The highest BCUT2D eigenvalue weighted by Gasteiger charge is 2.48. The molecular weight excluding hydrogens is 530 g/mol. The summed E-state index contributed by atoms with van der Waals surface area (Å²) in [6.07, 6.45) is -0.928. The molecule has 2 heterocycles. The molecule has 2 fully saturated rings. The lowest BCUT2D eigenvalue weighted by Crippen LogP contribution is -2.59. The van der Waals surface area contributed by atoms with Crippen molar-refractivity contribution in [2.45, 2.75) is 97.0 Å². The summed E-state index contributed by atoms with van der Waals surface area (Å²) in [6, 6.07) is -0.185. The Morgan fingerprint density at radius 2 is 1.78 bits per heavy atom. The Bertz CT molecular complexity index is 873. The number of methoxy groups -OCH3 is 1. The first kappa shape index (κ1) is 35.6. The Balaban J connectivity index is 2.43. The van der Waals surface area contributed by atoms with Gasteiger partial charge in [-0.1, -0.05) is 13.8 Å². The smallest absolute Gasteiger partial charge is 0.316 e. The molecular formula is C30H55N3O8. The predicted molar refractivity (Wildman–Crippen MR) is 155 cm³/mol. The van der Waals surface area contributed by atoms with Crippen LogP contribution >= 0.6 is 0 Å². The van der Waals surface area contributed by atoms with Gasteiger partial charge in [-0.2, -0.15) is 0 Å². The van der Waals surface area contributed by atoms with Crippen molar-refractivity contribution in [3.63, 3.8) is 0 Å². The fourth-order valence-corrected chi connectivity index (χ4v) is 6.28. The largest absolute Gasteiger partial charge is 0.463 e. The van der Waals surface area contributed by atoms with Gasteiger partial charge in [0.25, 0.3) is 0 Å². The van der Waals surface area contributed by atoms with Gasteiger partial charge in [0, 0.05) is 39.1 Å². The molecule has 11 heteroatoms. The van der Waals surface area contributed by atoms with E-state index in [0.717, 1.165) is 19.5 Å². The van der Waals surface area contributed by atoms with Gasteiger partial charge in [-0.3, -0.25) is 14.4 Å². The van der Waals surface area contributed by atoms with Gasteiger partial charge in [-0.25, -0.2) is 0 Å². The number of aliphatic hydroxyl groups excluding tert-OH is 1. The van der Waals surface area contributed by atoms with Crippen molar-refractivity contribution in [3.8, 4) is 0 Å². The Hall–Kier alpha value is -1.63. The first-order chi connectivity index (χ1) is 19.1. The van der Waals surface area contributed by atoms with Crippen molar-refractivity contribution in [3.05, 3.63) is 0 Å². The summed E-state index contributed by atoms with van der Waals surface area (Å²) in [7, 11) is 7.46. The van der Waals surface area contributed by atoms with Crippen LogP contribution in [-0.4, -0.2) is 135 Å². The molecule has 2 saturated heterocycles. The fraction of sp³-hybridized carbons (Fsp3) is 0.900. The second kappa shape index (κ2) is 15.7. The summed E-state index contributed by atoms with van der Waals surface area (Å²) >= 11 is 0. The van der Waals surface area contributed by atoms with E-state index in [-0.39, 0.29) is 42.9 Å². The molecule has 0 saturated carbocycles. The zero-order chi connectivity index (χ0) is 31.1. The van der Waals surface area contributed by atoms with Gasteiger partial charge in [-0.05, 0) is 73.6 Å². The van der Waals surface area contributed by atoms with Gasteiger partial charge in [0.15, 0.2) is 12.1 Å². The Kier molecular flexibility index (Phi) is 13.6. The van der Waals surface area contributed by atoms with E-state index in [0.29, 0.717) is 19.4 Å². The van der Waals surface area contributed by atoms with Gasteiger partial charge < -0.3 is 38.8 Å². The number of aliphatic hydroxyl groups is 1. The molecule has 1 N–H and O–H groups in total. The molecule has 0 spiro atoms. The number of ether oxygens (including phenoxy) is 4. The molecule has 2 aliphatic heterocycles. The Morgan fingerprint density at radius 3 is 2.37 bits per heavy atom. The van der Waals surface area contributed by atoms with Gasteiger partial charge in [0.05, 0.1) is 24.4 Å². The van der Waals surface area contributed by atoms with Crippen LogP contribution in [-0.2, 0) is 33.3 Å². The molecule has 0 radical (unpaired) electrons. The van der Waals surface area contributed by atoms with Crippen LogP contribution < -0.4 is 0 Å². The van der Waals surface area contributed by atoms with Crippen LogP contribution in [0.5, 0.6) is 0 Å². The van der Waals surface area contributed by atoms with Crippen LogP contribution in [0, 0.1) is 17.8 Å². The molecule has 11 nitrogen and oxygen atoms in total. The molecule has 238 valence electrons. The van der Waals surface area contributed by atoms with Crippen molar-refractivity contribution in [2.24, 2.45) is 17.8 Å². The van der Waals surface area contributed by atoms with Crippen molar-refractivity contribution in [1.29, 1.82) is 0 Å². The molecule has 0 aromatic carbocycles. The van der Waals surface area contributed by atoms with Gasteiger partial charge in [0.2, 0.25) is 5.91 Å². The number of carbonyl (C=O) groups is 3. The summed E-state index contributed by atoms with van der Waals surface area (Å²) < 4.78 is 24.2. The minimum absolute atomic E-state index is 0.0128. The highest BCUT2D eigenvalue weighted by Crippen LogP contribution is 2.36. The van der Waals surface area contributed by atoms with E-state index in [9.17, 15) is 19.5 Å². The third kappa shape index (κ3) is 9.69. The van der Waals surface area contributed by atoms with Crippen molar-refractivity contribution in [1.82, 2.24) is 14.7 Å². The average molecular weight is 586 g/mol. The third-order valence-electron chi connectivity index (χ3n) is 8.70. The zero-order valence-electron chi connectivity index (χ0n) is 26.9.